The molecule has 0 aromatic heterocycles. The van der Waals surface area contributed by atoms with Gasteiger partial charge in [0.15, 0.2) is 17.3 Å². The molecule has 2 aromatic carbocycles. The molecule has 0 bridgehead atoms. The lowest BCUT2D eigenvalue weighted by atomic mass is 9.73. The van der Waals surface area contributed by atoms with Gasteiger partial charge in [0.25, 0.3) is 0 Å². The van der Waals surface area contributed by atoms with Crippen molar-refractivity contribution in [2.75, 3.05) is 14.2 Å². The number of nitrogens with one attached hydrogen (secondary N) is 1. The molecule has 1 heterocycles. The molecule has 0 radical (unpaired) electrons. The molecule has 1 N–H and O–H groups in total. The van der Waals surface area contributed by atoms with E-state index in [0.717, 1.165) is 5.56 Å². The molecule has 2 aliphatic rings. The Hall–Kier alpha value is -2.86. The molecule has 2 atom stereocenters. The molecule has 30 heavy (non-hydrogen) atoms. The van der Waals surface area contributed by atoms with Crippen LogP contribution in [0.1, 0.15) is 42.2 Å². The fourth-order valence-corrected chi connectivity index (χ4v) is 4.69. The Morgan fingerprint density at radius 2 is 1.80 bits per heavy atom. The highest BCUT2D eigenvalue weighted by atomic mass is 35.5. The van der Waals surface area contributed by atoms with Crippen LogP contribution < -0.4 is 14.8 Å². The minimum Gasteiger partial charge on any atom is -0.493 e. The number of allylic oxidation sites excluding steroid dienone is 2. The van der Waals surface area contributed by atoms with E-state index in [1.807, 2.05) is 12.1 Å². The largest absolute Gasteiger partial charge is 0.493 e. The normalized spacial score (nSPS) is 21.2. The van der Waals surface area contributed by atoms with Crippen LogP contribution in [-0.4, -0.2) is 25.9 Å². The van der Waals surface area contributed by atoms with E-state index in [9.17, 15) is 14.0 Å². The fraction of sp³-hybridized carbons (Fsp3) is 0.304. The molecule has 4 rings (SSSR count). The zero-order chi connectivity index (χ0) is 21.4. The maximum absolute atomic E-state index is 14.6. The van der Waals surface area contributed by atoms with Crippen LogP contribution in [0.3, 0.4) is 0 Å². The van der Waals surface area contributed by atoms with Crippen molar-refractivity contribution in [1.82, 2.24) is 5.32 Å². The number of carbonyl (C=O) groups is 2. The van der Waals surface area contributed by atoms with Gasteiger partial charge in [-0.15, -0.1) is 0 Å². The average Bonchev–Trinajstić information content (AvgIpc) is 2.72. The number of ketones is 1. The van der Waals surface area contributed by atoms with Crippen LogP contribution in [0.5, 0.6) is 11.5 Å². The Morgan fingerprint density at radius 3 is 2.50 bits per heavy atom. The summed E-state index contributed by atoms with van der Waals surface area (Å²) in [5.41, 5.74) is 2.12. The lowest BCUT2D eigenvalue weighted by Crippen LogP contribution is -2.38. The van der Waals surface area contributed by atoms with Crippen molar-refractivity contribution in [2.45, 2.75) is 31.1 Å². The van der Waals surface area contributed by atoms with Gasteiger partial charge in [0.1, 0.15) is 5.82 Å². The van der Waals surface area contributed by atoms with E-state index >= 15 is 0 Å². The molecule has 7 heteroatoms. The Morgan fingerprint density at radius 1 is 1.03 bits per heavy atom. The summed E-state index contributed by atoms with van der Waals surface area (Å²) in [6, 6.07) is 9.91. The summed E-state index contributed by atoms with van der Waals surface area (Å²) in [6.07, 6.45) is 0.712. The lowest BCUT2D eigenvalue weighted by Gasteiger charge is -2.35. The molecule has 0 saturated heterocycles. The first-order valence-corrected chi connectivity index (χ1v) is 10.0. The van der Waals surface area contributed by atoms with Gasteiger partial charge in [0.2, 0.25) is 5.91 Å². The molecule has 0 unspecified atom stereocenters. The number of halogens is 2. The maximum atomic E-state index is 14.6. The second-order valence-electron chi connectivity index (χ2n) is 7.48. The van der Waals surface area contributed by atoms with Gasteiger partial charge in [-0.3, -0.25) is 9.59 Å². The second kappa shape index (κ2) is 8.11. The zero-order valence-corrected chi connectivity index (χ0v) is 17.4. The van der Waals surface area contributed by atoms with Crippen molar-refractivity contribution in [3.05, 3.63) is 69.6 Å². The quantitative estimate of drug-likeness (QED) is 0.777. The van der Waals surface area contributed by atoms with Crippen molar-refractivity contribution in [3.8, 4) is 11.5 Å². The minimum atomic E-state index is -0.679. The summed E-state index contributed by atoms with van der Waals surface area (Å²) in [6.45, 7) is 0. The van der Waals surface area contributed by atoms with Gasteiger partial charge in [0, 0.05) is 40.6 Å². The van der Waals surface area contributed by atoms with Gasteiger partial charge in [-0.1, -0.05) is 23.7 Å². The van der Waals surface area contributed by atoms with Crippen LogP contribution >= 0.6 is 11.6 Å². The number of benzene rings is 2. The first-order chi connectivity index (χ1) is 14.4. The predicted molar refractivity (Wildman–Crippen MR) is 110 cm³/mol. The predicted octanol–water partition coefficient (Wildman–Crippen LogP) is 4.50. The van der Waals surface area contributed by atoms with Crippen molar-refractivity contribution in [1.29, 1.82) is 0 Å². The lowest BCUT2D eigenvalue weighted by molar-refractivity contribution is -0.122. The summed E-state index contributed by atoms with van der Waals surface area (Å²) >= 11 is 6.24. The van der Waals surface area contributed by atoms with Crippen LogP contribution in [0.15, 0.2) is 47.7 Å². The smallest absolute Gasteiger partial charge is 0.225 e. The molecule has 0 fully saturated rings. The van der Waals surface area contributed by atoms with E-state index < -0.39 is 11.7 Å². The van der Waals surface area contributed by atoms with E-state index in [4.69, 9.17) is 21.1 Å². The van der Waals surface area contributed by atoms with E-state index in [1.54, 1.807) is 26.4 Å². The summed E-state index contributed by atoms with van der Waals surface area (Å²) in [5, 5.41) is 3.06. The highest BCUT2D eigenvalue weighted by Gasteiger charge is 2.40. The van der Waals surface area contributed by atoms with Crippen molar-refractivity contribution in [2.24, 2.45) is 0 Å². The number of carbonyl (C=O) groups excluding carboxylic acids is 2. The first-order valence-electron chi connectivity index (χ1n) is 9.64. The van der Waals surface area contributed by atoms with Crippen LogP contribution in [0.25, 0.3) is 0 Å². The maximum Gasteiger partial charge on any atom is 0.225 e. The monoisotopic (exact) mass is 429 g/mol. The Labute approximate surface area is 178 Å². The molecule has 156 valence electrons. The van der Waals surface area contributed by atoms with Crippen molar-refractivity contribution < 1.29 is 23.5 Å². The van der Waals surface area contributed by atoms with E-state index in [0.29, 0.717) is 29.2 Å². The third kappa shape index (κ3) is 3.56. The van der Waals surface area contributed by atoms with Crippen molar-refractivity contribution >= 4 is 23.3 Å². The summed E-state index contributed by atoms with van der Waals surface area (Å²) in [5.74, 6) is -0.509. The SMILES string of the molecule is COc1ccc([C@@H]2CC(=O)C3=C(C2)NC(=O)C[C@@H]3c2c(F)cccc2Cl)cc1OC. The minimum absolute atomic E-state index is 0.00769. The number of amides is 1. The Balaban J connectivity index is 1.73. The number of Topliss-reactive ketones (excluding diaryl/α,β-unsaturated/α-hetero) is 1. The Bertz CT molecular complexity index is 1040. The topological polar surface area (TPSA) is 64.6 Å². The van der Waals surface area contributed by atoms with Crippen molar-refractivity contribution in [3.63, 3.8) is 0 Å². The molecule has 1 aliphatic heterocycles. The highest BCUT2D eigenvalue weighted by molar-refractivity contribution is 6.31. The number of methoxy groups -OCH3 is 2. The van der Waals surface area contributed by atoms with Crippen LogP contribution in [0.2, 0.25) is 5.02 Å². The highest BCUT2D eigenvalue weighted by Crippen LogP contribution is 2.45. The summed E-state index contributed by atoms with van der Waals surface area (Å²) in [4.78, 5) is 25.6. The molecule has 0 saturated carbocycles. The number of hydrogen-bond acceptors (Lipinski definition) is 4. The molecule has 5 nitrogen and oxygen atoms in total. The second-order valence-corrected chi connectivity index (χ2v) is 7.88. The van der Waals surface area contributed by atoms with Gasteiger partial charge in [-0.2, -0.15) is 0 Å². The van der Waals surface area contributed by atoms with Crippen LogP contribution in [0.4, 0.5) is 4.39 Å². The molecule has 1 aliphatic carbocycles. The molecular weight excluding hydrogens is 409 g/mol. The standard InChI is InChI=1S/C23H21ClFNO4/c1-29-19-7-6-12(10-20(19)30-2)13-8-17-23(18(27)9-13)14(11-21(28)26-17)22-15(24)4-3-5-16(22)25/h3-7,10,13-14H,8-9,11H2,1-2H3,(H,26,28)/t13-,14+/m0/s1. The molecule has 0 spiro atoms. The van der Waals surface area contributed by atoms with E-state index in [1.165, 1.54) is 12.1 Å². The summed E-state index contributed by atoms with van der Waals surface area (Å²) < 4.78 is 25.2. The zero-order valence-electron chi connectivity index (χ0n) is 16.6. The van der Waals surface area contributed by atoms with Gasteiger partial charge in [-0.25, -0.2) is 4.39 Å². The first kappa shape index (κ1) is 20.4. The summed E-state index contributed by atoms with van der Waals surface area (Å²) in [7, 11) is 3.11. The fourth-order valence-electron chi connectivity index (χ4n) is 4.39. The van der Waals surface area contributed by atoms with Gasteiger partial charge in [0.05, 0.1) is 14.2 Å². The third-order valence-corrected chi connectivity index (χ3v) is 6.09. The third-order valence-electron chi connectivity index (χ3n) is 5.76. The molecule has 1 amide bonds. The Kier molecular flexibility index (Phi) is 5.52. The number of ether oxygens (including phenoxy) is 2. The van der Waals surface area contributed by atoms with Crippen LogP contribution in [-0.2, 0) is 9.59 Å². The number of hydrogen-bond donors (Lipinski definition) is 1. The van der Waals surface area contributed by atoms with Crippen LogP contribution in [0, 0.1) is 5.82 Å². The van der Waals surface area contributed by atoms with E-state index in [2.05, 4.69) is 5.32 Å². The van der Waals surface area contributed by atoms with Gasteiger partial charge in [-0.05, 0) is 42.2 Å². The average molecular weight is 430 g/mol. The van der Waals surface area contributed by atoms with Gasteiger partial charge >= 0.3 is 0 Å². The van der Waals surface area contributed by atoms with E-state index in [-0.39, 0.29) is 41.0 Å². The molecular formula is C23H21ClFNO4. The molecule has 2 aromatic rings. The van der Waals surface area contributed by atoms with Gasteiger partial charge < -0.3 is 14.8 Å². The number of rotatable bonds is 4.